The Morgan fingerprint density at radius 2 is 1.83 bits per heavy atom. The minimum atomic E-state index is -4.46. The average Bonchev–Trinajstić information content (AvgIpc) is 3.47. The molecule has 1 aliphatic rings. The van der Waals surface area contributed by atoms with E-state index in [0.717, 1.165) is 17.4 Å². The maximum Gasteiger partial charge on any atom is 0.418 e. The fraction of sp³-hybridized carbons (Fsp3) is 0.250. The van der Waals surface area contributed by atoms with Crippen molar-refractivity contribution in [2.75, 3.05) is 18.6 Å². The lowest BCUT2D eigenvalue weighted by molar-refractivity contribution is -0.137. The number of pyridine rings is 1. The summed E-state index contributed by atoms with van der Waals surface area (Å²) >= 11 is 0. The monoisotopic (exact) mass is 481 g/mol. The van der Waals surface area contributed by atoms with Gasteiger partial charge < -0.3 is 14.2 Å². The summed E-state index contributed by atoms with van der Waals surface area (Å²) < 4.78 is 49.7. The number of anilines is 2. The summed E-state index contributed by atoms with van der Waals surface area (Å²) in [5, 5.41) is 4.47. The van der Waals surface area contributed by atoms with E-state index in [1.54, 1.807) is 41.2 Å². The van der Waals surface area contributed by atoms with Crippen molar-refractivity contribution in [1.29, 1.82) is 0 Å². The molecule has 0 bridgehead atoms. The molecule has 0 saturated carbocycles. The molecule has 35 heavy (non-hydrogen) atoms. The van der Waals surface area contributed by atoms with E-state index in [9.17, 15) is 13.2 Å². The van der Waals surface area contributed by atoms with E-state index in [0.29, 0.717) is 42.9 Å². The lowest BCUT2D eigenvalue weighted by Crippen LogP contribution is -2.30. The largest absolute Gasteiger partial charge is 0.479 e. The van der Waals surface area contributed by atoms with Crippen LogP contribution in [-0.2, 0) is 12.7 Å². The van der Waals surface area contributed by atoms with Crippen molar-refractivity contribution in [3.05, 3.63) is 71.7 Å². The maximum atomic E-state index is 13.6. The molecular weight excluding hydrogens is 459 g/mol. The first-order valence-corrected chi connectivity index (χ1v) is 11.0. The van der Waals surface area contributed by atoms with Gasteiger partial charge in [0.1, 0.15) is 5.69 Å². The number of imidazole rings is 1. The van der Waals surface area contributed by atoms with E-state index < -0.39 is 11.7 Å². The highest BCUT2D eigenvalue weighted by atomic mass is 19.4. The van der Waals surface area contributed by atoms with Gasteiger partial charge in [0.25, 0.3) is 0 Å². The summed E-state index contributed by atoms with van der Waals surface area (Å²) in [4.78, 5) is 14.8. The van der Waals surface area contributed by atoms with Crippen LogP contribution in [0.3, 0.4) is 0 Å². The number of aromatic nitrogens is 6. The number of rotatable bonds is 5. The Kier molecular flexibility index (Phi) is 5.75. The molecule has 4 heterocycles. The Morgan fingerprint density at radius 1 is 1.00 bits per heavy atom. The second-order valence-electron chi connectivity index (χ2n) is 8.03. The lowest BCUT2D eigenvalue weighted by Gasteiger charge is -2.29. The molecule has 4 aromatic rings. The number of ether oxygens (including phenoxy) is 1. The summed E-state index contributed by atoms with van der Waals surface area (Å²) in [7, 11) is 1.54. The molecule has 5 rings (SSSR count). The number of fused-ring (bicyclic) bond motifs is 1. The van der Waals surface area contributed by atoms with Gasteiger partial charge in [-0.2, -0.15) is 18.2 Å². The van der Waals surface area contributed by atoms with Crippen molar-refractivity contribution < 1.29 is 17.9 Å². The molecular formula is C24H22F3N7O. The Hall–Kier alpha value is -4.15. The Balaban J connectivity index is 1.43. The summed E-state index contributed by atoms with van der Waals surface area (Å²) in [6.07, 6.45) is 3.17. The Bertz CT molecular complexity index is 1390. The molecule has 11 heteroatoms. The number of para-hydroxylation sites is 1. The van der Waals surface area contributed by atoms with Crippen molar-refractivity contribution in [2.45, 2.75) is 26.1 Å². The van der Waals surface area contributed by atoms with Crippen LogP contribution in [0.2, 0.25) is 0 Å². The van der Waals surface area contributed by atoms with Crippen LogP contribution >= 0.6 is 0 Å². The minimum absolute atomic E-state index is 0.0700. The van der Waals surface area contributed by atoms with E-state index in [-0.39, 0.29) is 5.69 Å². The van der Waals surface area contributed by atoms with Crippen LogP contribution in [0.5, 0.6) is 5.88 Å². The molecule has 0 spiro atoms. The van der Waals surface area contributed by atoms with Crippen LogP contribution in [0, 0.1) is 6.92 Å². The third-order valence-electron chi connectivity index (χ3n) is 5.61. The molecule has 0 N–H and O–H groups in total. The lowest BCUT2D eigenvalue weighted by atomic mass is 10.1. The number of halogens is 3. The van der Waals surface area contributed by atoms with Crippen LogP contribution in [0.4, 0.5) is 24.8 Å². The number of aryl methyl sites for hydroxylation is 2. The normalized spacial score (nSPS) is 13.9. The quantitative estimate of drug-likeness (QED) is 0.404. The Morgan fingerprint density at radius 3 is 2.57 bits per heavy atom. The summed E-state index contributed by atoms with van der Waals surface area (Å²) in [6.45, 7) is 2.89. The van der Waals surface area contributed by atoms with Crippen molar-refractivity contribution >= 4 is 23.8 Å². The number of hydrogen-bond acceptors (Lipinski definition) is 6. The first-order chi connectivity index (χ1) is 16.8. The predicted octanol–water partition coefficient (Wildman–Crippen LogP) is 4.91. The van der Waals surface area contributed by atoms with Crippen LogP contribution in [0.15, 0.2) is 48.9 Å². The Labute approximate surface area is 199 Å². The zero-order valence-electron chi connectivity index (χ0n) is 19.1. The van der Waals surface area contributed by atoms with Gasteiger partial charge in [-0.1, -0.05) is 12.1 Å². The van der Waals surface area contributed by atoms with E-state index >= 15 is 0 Å². The van der Waals surface area contributed by atoms with Crippen molar-refractivity contribution in [3.8, 4) is 11.6 Å². The number of benzene rings is 1. The first-order valence-electron chi connectivity index (χ1n) is 11.0. The van der Waals surface area contributed by atoms with Gasteiger partial charge >= 0.3 is 6.18 Å². The van der Waals surface area contributed by atoms with E-state index in [2.05, 4.69) is 20.1 Å². The zero-order chi connectivity index (χ0) is 24.6. The summed E-state index contributed by atoms with van der Waals surface area (Å²) in [6, 6.07) is 9.21. The number of alkyl halides is 3. The van der Waals surface area contributed by atoms with Crippen LogP contribution in [0.25, 0.3) is 17.8 Å². The average molecular weight is 481 g/mol. The molecule has 0 radical (unpaired) electrons. The third kappa shape index (κ3) is 4.48. The molecule has 1 aromatic carbocycles. The highest BCUT2D eigenvalue weighted by Gasteiger charge is 2.36. The van der Waals surface area contributed by atoms with Crippen molar-refractivity contribution in [3.63, 3.8) is 0 Å². The van der Waals surface area contributed by atoms with E-state index in [1.807, 2.05) is 29.8 Å². The van der Waals surface area contributed by atoms with Gasteiger partial charge in [-0.15, -0.1) is 5.10 Å². The second kappa shape index (κ2) is 8.90. The first kappa shape index (κ1) is 22.6. The molecule has 3 aromatic heterocycles. The second-order valence-corrected chi connectivity index (χ2v) is 8.03. The highest BCUT2D eigenvalue weighted by molar-refractivity contribution is 5.68. The third-order valence-corrected chi connectivity index (χ3v) is 5.61. The molecule has 0 unspecified atom stereocenters. The molecule has 0 amide bonds. The SMILES string of the molecule is COc1nc(/C=C/c2nc3n(n2)CCCN3c2ccccc2C(F)(F)F)ccc1-n1cnc(C)c1. The van der Waals surface area contributed by atoms with Gasteiger partial charge in [-0.25, -0.2) is 14.6 Å². The predicted molar refractivity (Wildman–Crippen MR) is 125 cm³/mol. The molecule has 0 fully saturated rings. The minimum Gasteiger partial charge on any atom is -0.479 e. The van der Waals surface area contributed by atoms with Gasteiger partial charge in [0.2, 0.25) is 11.8 Å². The van der Waals surface area contributed by atoms with Crippen molar-refractivity contribution in [1.82, 2.24) is 29.3 Å². The molecule has 8 nitrogen and oxygen atoms in total. The molecule has 0 aliphatic carbocycles. The van der Waals surface area contributed by atoms with E-state index in [4.69, 9.17) is 4.74 Å². The van der Waals surface area contributed by atoms with Gasteiger partial charge in [-0.3, -0.25) is 0 Å². The van der Waals surface area contributed by atoms with Crippen LogP contribution in [-0.4, -0.2) is 43.0 Å². The summed E-state index contributed by atoms with van der Waals surface area (Å²) in [5.41, 5.74) is 1.62. The van der Waals surface area contributed by atoms with Gasteiger partial charge in [0, 0.05) is 19.3 Å². The molecule has 180 valence electrons. The number of nitrogens with zero attached hydrogens (tertiary/aromatic N) is 7. The maximum absolute atomic E-state index is 13.6. The smallest absolute Gasteiger partial charge is 0.418 e. The van der Waals surface area contributed by atoms with Crippen LogP contribution in [0.1, 0.15) is 29.2 Å². The standard InChI is InChI=1S/C24H22F3N7O/c1-16-14-32(15-28-16)20-10-8-17(29-22(20)35-2)9-11-21-30-23-33(12-5-13-34(23)31-21)19-7-4-3-6-18(19)24(25,26)27/h3-4,6-11,14-15H,5,12-13H2,1-2H3/b11-9+. The number of methoxy groups -OCH3 is 1. The van der Waals surface area contributed by atoms with Gasteiger partial charge in [0.05, 0.1) is 36.1 Å². The van der Waals surface area contributed by atoms with E-state index in [1.165, 1.54) is 12.1 Å². The summed E-state index contributed by atoms with van der Waals surface area (Å²) in [5.74, 6) is 1.19. The fourth-order valence-corrected chi connectivity index (χ4v) is 4.03. The van der Waals surface area contributed by atoms with Crippen molar-refractivity contribution in [2.24, 2.45) is 0 Å². The fourth-order valence-electron chi connectivity index (χ4n) is 4.03. The highest BCUT2D eigenvalue weighted by Crippen LogP contribution is 2.39. The number of hydrogen-bond donors (Lipinski definition) is 0. The molecule has 0 atom stereocenters. The topological polar surface area (TPSA) is 73.9 Å². The van der Waals surface area contributed by atoms with Crippen LogP contribution < -0.4 is 9.64 Å². The van der Waals surface area contributed by atoms with Gasteiger partial charge in [0.15, 0.2) is 5.82 Å². The molecule has 1 aliphatic heterocycles. The van der Waals surface area contributed by atoms with Gasteiger partial charge in [-0.05, 0) is 49.8 Å². The zero-order valence-corrected chi connectivity index (χ0v) is 19.1. The molecule has 0 saturated heterocycles.